The minimum absolute atomic E-state index is 0.121. The van der Waals surface area contributed by atoms with Gasteiger partial charge in [0.25, 0.3) is 0 Å². The molecule has 2 atom stereocenters. The molecule has 21 heavy (non-hydrogen) atoms. The Labute approximate surface area is 129 Å². The van der Waals surface area contributed by atoms with Crippen LogP contribution in [-0.4, -0.2) is 48.7 Å². The van der Waals surface area contributed by atoms with Gasteiger partial charge < -0.3 is 9.64 Å². The molecular formula is C17H32N2O2. The van der Waals surface area contributed by atoms with Crippen molar-refractivity contribution in [1.82, 2.24) is 10.2 Å². The zero-order valence-corrected chi connectivity index (χ0v) is 14.2. The molecule has 2 aliphatic rings. The number of rotatable bonds is 7. The molecule has 4 heteroatoms. The summed E-state index contributed by atoms with van der Waals surface area (Å²) in [6.45, 7) is 8.88. The number of carbonyl (C=O) groups excluding carboxylic acids is 1. The highest BCUT2D eigenvalue weighted by molar-refractivity contribution is 5.80. The van der Waals surface area contributed by atoms with Crippen LogP contribution in [0.15, 0.2) is 0 Å². The highest BCUT2D eigenvalue weighted by Crippen LogP contribution is 2.28. The third kappa shape index (κ3) is 4.43. The second kappa shape index (κ2) is 7.10. The van der Waals surface area contributed by atoms with Crippen molar-refractivity contribution in [3.8, 4) is 0 Å². The first-order valence-electron chi connectivity index (χ1n) is 8.58. The monoisotopic (exact) mass is 296 g/mol. The standard InChI is InChI=1S/C17H32N2O2/c1-5-14-8-10-19(11-9-14)13(2)12-17(3,16(20)21-4)18-15-6-7-15/h13-15,18H,5-12H2,1-4H3. The maximum absolute atomic E-state index is 12.2. The van der Waals surface area contributed by atoms with Gasteiger partial charge in [0, 0.05) is 12.1 Å². The lowest BCUT2D eigenvalue weighted by Gasteiger charge is -2.39. The van der Waals surface area contributed by atoms with Crippen LogP contribution in [0.1, 0.15) is 59.3 Å². The Morgan fingerprint density at radius 2 is 1.95 bits per heavy atom. The predicted molar refractivity (Wildman–Crippen MR) is 85.2 cm³/mol. The Hall–Kier alpha value is -0.610. The van der Waals surface area contributed by atoms with E-state index in [2.05, 4.69) is 24.1 Å². The topological polar surface area (TPSA) is 41.6 Å². The number of hydrogen-bond acceptors (Lipinski definition) is 4. The van der Waals surface area contributed by atoms with E-state index in [1.165, 1.54) is 52.3 Å². The summed E-state index contributed by atoms with van der Waals surface area (Å²) in [6, 6.07) is 0.922. The third-order valence-corrected chi connectivity index (χ3v) is 5.29. The van der Waals surface area contributed by atoms with E-state index in [4.69, 9.17) is 4.74 Å². The molecule has 0 aromatic heterocycles. The van der Waals surface area contributed by atoms with Crippen molar-refractivity contribution in [3.63, 3.8) is 0 Å². The minimum Gasteiger partial charge on any atom is -0.468 e. The molecule has 1 aliphatic heterocycles. The first-order chi connectivity index (χ1) is 9.98. The zero-order valence-electron chi connectivity index (χ0n) is 14.2. The molecule has 122 valence electrons. The summed E-state index contributed by atoms with van der Waals surface area (Å²) in [5, 5.41) is 3.51. The van der Waals surface area contributed by atoms with Crippen LogP contribution in [0.5, 0.6) is 0 Å². The van der Waals surface area contributed by atoms with Gasteiger partial charge in [-0.25, -0.2) is 0 Å². The molecule has 2 rings (SSSR count). The van der Waals surface area contributed by atoms with Crippen molar-refractivity contribution >= 4 is 5.97 Å². The maximum Gasteiger partial charge on any atom is 0.325 e. The molecule has 2 unspecified atom stereocenters. The summed E-state index contributed by atoms with van der Waals surface area (Å²) < 4.78 is 5.05. The molecule has 0 aromatic rings. The molecule has 0 spiro atoms. The number of nitrogens with zero attached hydrogens (tertiary/aromatic N) is 1. The third-order valence-electron chi connectivity index (χ3n) is 5.29. The smallest absolute Gasteiger partial charge is 0.325 e. The Morgan fingerprint density at radius 3 is 2.43 bits per heavy atom. The van der Waals surface area contributed by atoms with E-state index in [1.807, 2.05) is 6.92 Å². The van der Waals surface area contributed by atoms with Crippen LogP contribution >= 0.6 is 0 Å². The number of carbonyl (C=O) groups is 1. The minimum atomic E-state index is -0.545. The van der Waals surface area contributed by atoms with E-state index in [1.54, 1.807) is 0 Å². The van der Waals surface area contributed by atoms with E-state index in [9.17, 15) is 4.79 Å². The summed E-state index contributed by atoms with van der Waals surface area (Å²) in [7, 11) is 1.49. The van der Waals surface area contributed by atoms with Crippen LogP contribution in [-0.2, 0) is 9.53 Å². The molecule has 0 radical (unpaired) electrons. The largest absolute Gasteiger partial charge is 0.468 e. The molecule has 1 aliphatic carbocycles. The molecule has 1 heterocycles. The van der Waals surface area contributed by atoms with Gasteiger partial charge >= 0.3 is 5.97 Å². The Kier molecular flexibility index (Phi) is 5.67. The lowest BCUT2D eigenvalue weighted by Crippen LogP contribution is -2.55. The first-order valence-corrected chi connectivity index (χ1v) is 8.58. The van der Waals surface area contributed by atoms with E-state index in [0.29, 0.717) is 12.1 Å². The summed E-state index contributed by atoms with van der Waals surface area (Å²) in [4.78, 5) is 14.8. The van der Waals surface area contributed by atoms with Gasteiger partial charge in [0.15, 0.2) is 0 Å². The van der Waals surface area contributed by atoms with E-state index >= 15 is 0 Å². The average Bonchev–Trinajstić information content (AvgIpc) is 3.29. The zero-order chi connectivity index (χ0) is 15.5. The van der Waals surface area contributed by atoms with Crippen LogP contribution in [0.2, 0.25) is 0 Å². The van der Waals surface area contributed by atoms with Crippen molar-refractivity contribution in [1.29, 1.82) is 0 Å². The van der Waals surface area contributed by atoms with Crippen molar-refractivity contribution in [2.45, 2.75) is 76.9 Å². The molecule has 1 N–H and O–H groups in total. The summed E-state index contributed by atoms with van der Waals surface area (Å²) >= 11 is 0. The van der Waals surface area contributed by atoms with E-state index < -0.39 is 5.54 Å². The summed E-state index contributed by atoms with van der Waals surface area (Å²) in [6.07, 6.45) is 7.09. The maximum atomic E-state index is 12.2. The van der Waals surface area contributed by atoms with Crippen molar-refractivity contribution in [2.24, 2.45) is 5.92 Å². The Balaban J connectivity index is 1.91. The number of esters is 1. The second-order valence-electron chi connectivity index (χ2n) is 7.18. The molecular weight excluding hydrogens is 264 g/mol. The van der Waals surface area contributed by atoms with Crippen molar-refractivity contribution < 1.29 is 9.53 Å². The number of hydrogen-bond donors (Lipinski definition) is 1. The summed E-state index contributed by atoms with van der Waals surface area (Å²) in [5.41, 5.74) is -0.545. The van der Waals surface area contributed by atoms with Gasteiger partial charge in [-0.05, 0) is 65.0 Å². The molecule has 0 amide bonds. The fraction of sp³-hybridized carbons (Fsp3) is 0.941. The molecule has 2 fully saturated rings. The van der Waals surface area contributed by atoms with E-state index in [-0.39, 0.29) is 5.97 Å². The molecule has 4 nitrogen and oxygen atoms in total. The lowest BCUT2D eigenvalue weighted by molar-refractivity contribution is -0.149. The Bertz CT molecular complexity index is 349. The normalized spacial score (nSPS) is 25.3. The van der Waals surface area contributed by atoms with Crippen LogP contribution in [0, 0.1) is 5.92 Å². The van der Waals surface area contributed by atoms with Crippen LogP contribution < -0.4 is 5.32 Å². The van der Waals surface area contributed by atoms with Gasteiger partial charge in [-0.3, -0.25) is 10.1 Å². The van der Waals surface area contributed by atoms with Crippen LogP contribution in [0.4, 0.5) is 0 Å². The number of methoxy groups -OCH3 is 1. The average molecular weight is 296 g/mol. The van der Waals surface area contributed by atoms with Gasteiger partial charge in [0.2, 0.25) is 0 Å². The lowest BCUT2D eigenvalue weighted by atomic mass is 9.89. The van der Waals surface area contributed by atoms with Gasteiger partial charge in [0.1, 0.15) is 5.54 Å². The Morgan fingerprint density at radius 1 is 1.33 bits per heavy atom. The molecule has 1 saturated heterocycles. The van der Waals surface area contributed by atoms with Crippen LogP contribution in [0.3, 0.4) is 0 Å². The predicted octanol–water partition coefficient (Wildman–Crippen LogP) is 2.57. The van der Waals surface area contributed by atoms with Gasteiger partial charge in [-0.1, -0.05) is 13.3 Å². The van der Waals surface area contributed by atoms with E-state index in [0.717, 1.165) is 12.3 Å². The van der Waals surface area contributed by atoms with Gasteiger partial charge in [-0.2, -0.15) is 0 Å². The summed E-state index contributed by atoms with van der Waals surface area (Å²) in [5.74, 6) is 0.773. The molecule has 0 bridgehead atoms. The fourth-order valence-corrected chi connectivity index (χ4v) is 3.63. The number of piperidine rings is 1. The quantitative estimate of drug-likeness (QED) is 0.733. The number of likely N-dealkylation sites (tertiary alicyclic amines) is 1. The van der Waals surface area contributed by atoms with Crippen molar-refractivity contribution in [2.75, 3.05) is 20.2 Å². The SMILES string of the molecule is CCC1CCN(C(C)CC(C)(NC2CC2)C(=O)OC)CC1. The van der Waals surface area contributed by atoms with Gasteiger partial charge in [0.05, 0.1) is 7.11 Å². The van der Waals surface area contributed by atoms with Gasteiger partial charge in [-0.15, -0.1) is 0 Å². The first kappa shape index (κ1) is 16.8. The number of ether oxygens (including phenoxy) is 1. The van der Waals surface area contributed by atoms with Crippen molar-refractivity contribution in [3.05, 3.63) is 0 Å². The molecule has 1 saturated carbocycles. The molecule has 0 aromatic carbocycles. The number of nitrogens with one attached hydrogen (secondary N) is 1. The second-order valence-corrected chi connectivity index (χ2v) is 7.18. The van der Waals surface area contributed by atoms with Crippen LogP contribution in [0.25, 0.3) is 0 Å². The highest BCUT2D eigenvalue weighted by atomic mass is 16.5. The highest BCUT2D eigenvalue weighted by Gasteiger charge is 2.41. The fourth-order valence-electron chi connectivity index (χ4n) is 3.63.